The zero-order valence-electron chi connectivity index (χ0n) is 19.7. The first kappa shape index (κ1) is 21.8. The zero-order chi connectivity index (χ0) is 24.5. The van der Waals surface area contributed by atoms with Crippen LogP contribution in [-0.2, 0) is 12.8 Å². The molecule has 0 saturated heterocycles. The van der Waals surface area contributed by atoms with Gasteiger partial charge in [-0.2, -0.15) is 9.50 Å². The van der Waals surface area contributed by atoms with Crippen molar-refractivity contribution in [2.24, 2.45) is 0 Å². The van der Waals surface area contributed by atoms with Crippen molar-refractivity contribution in [2.45, 2.75) is 25.7 Å². The number of aryl methyl sites for hydroxylation is 1. The number of anilines is 3. The Bertz CT molecular complexity index is 1540. The fourth-order valence-corrected chi connectivity index (χ4v) is 4.49. The minimum absolute atomic E-state index is 0.237. The number of hydrogen-bond donors (Lipinski definition) is 2. The summed E-state index contributed by atoms with van der Waals surface area (Å²) in [5.74, 6) is 2.49. The van der Waals surface area contributed by atoms with Crippen LogP contribution in [0.3, 0.4) is 0 Å². The first-order valence-corrected chi connectivity index (χ1v) is 11.8. The van der Waals surface area contributed by atoms with Gasteiger partial charge in [0.2, 0.25) is 0 Å². The number of aromatic nitrogens is 4. The van der Waals surface area contributed by atoms with Crippen LogP contribution in [0.5, 0.6) is 5.75 Å². The van der Waals surface area contributed by atoms with Gasteiger partial charge in [0.05, 0.1) is 24.8 Å². The number of carbonyl (C=O) groups excluding carboxylic acids is 1. The van der Waals surface area contributed by atoms with Gasteiger partial charge in [-0.15, -0.1) is 5.10 Å². The standard InChI is InChI=1S/C27H24N6O3/c1-35-22-14-13-18(28-26(34)23-12-7-15-36-23)16-21(22)29-25-19-10-5-6-11-20(19)30-27-31-24(32-33(25)27)17-8-3-2-4-9-17/h2-4,7-9,12-16,29H,5-6,10-11H2,1H3,(H,28,34). The number of hydrogen-bond acceptors (Lipinski definition) is 7. The Balaban J connectivity index is 1.43. The average molecular weight is 481 g/mol. The van der Waals surface area contributed by atoms with Crippen LogP contribution in [0.15, 0.2) is 71.3 Å². The third kappa shape index (κ3) is 4.04. The van der Waals surface area contributed by atoms with Gasteiger partial charge in [-0.25, -0.2) is 4.98 Å². The van der Waals surface area contributed by atoms with E-state index < -0.39 is 0 Å². The summed E-state index contributed by atoms with van der Waals surface area (Å²) in [6.45, 7) is 0. The molecule has 0 bridgehead atoms. The van der Waals surface area contributed by atoms with Gasteiger partial charge in [-0.1, -0.05) is 30.3 Å². The number of benzene rings is 2. The molecule has 3 heterocycles. The number of nitrogens with zero attached hydrogens (tertiary/aromatic N) is 4. The van der Waals surface area contributed by atoms with Crippen molar-refractivity contribution >= 4 is 28.9 Å². The number of ether oxygens (including phenoxy) is 1. The van der Waals surface area contributed by atoms with Crippen molar-refractivity contribution in [3.05, 3.63) is 83.9 Å². The van der Waals surface area contributed by atoms with E-state index in [1.165, 1.54) is 6.26 Å². The smallest absolute Gasteiger partial charge is 0.291 e. The molecule has 3 aromatic heterocycles. The number of amides is 1. The summed E-state index contributed by atoms with van der Waals surface area (Å²) < 4.78 is 12.6. The monoisotopic (exact) mass is 480 g/mol. The molecule has 0 radical (unpaired) electrons. The van der Waals surface area contributed by atoms with E-state index in [4.69, 9.17) is 24.2 Å². The van der Waals surface area contributed by atoms with Crippen LogP contribution in [0.2, 0.25) is 0 Å². The highest BCUT2D eigenvalue weighted by Crippen LogP contribution is 2.35. The first-order valence-electron chi connectivity index (χ1n) is 11.8. The molecule has 6 rings (SSSR count). The van der Waals surface area contributed by atoms with Gasteiger partial charge in [0, 0.05) is 16.8 Å². The van der Waals surface area contributed by atoms with Gasteiger partial charge in [0.25, 0.3) is 11.7 Å². The van der Waals surface area contributed by atoms with Crippen molar-refractivity contribution in [1.82, 2.24) is 19.6 Å². The van der Waals surface area contributed by atoms with Gasteiger partial charge in [0.1, 0.15) is 11.6 Å². The summed E-state index contributed by atoms with van der Waals surface area (Å²) in [5.41, 5.74) is 4.36. The molecule has 9 heteroatoms. The topological polar surface area (TPSA) is 107 Å². The fourth-order valence-electron chi connectivity index (χ4n) is 4.49. The van der Waals surface area contributed by atoms with Crippen LogP contribution in [0, 0.1) is 0 Å². The molecule has 180 valence electrons. The Kier molecular flexibility index (Phi) is 5.57. The third-order valence-electron chi connectivity index (χ3n) is 6.25. The summed E-state index contributed by atoms with van der Waals surface area (Å²) in [4.78, 5) is 22.1. The third-order valence-corrected chi connectivity index (χ3v) is 6.25. The Morgan fingerprint density at radius 3 is 2.69 bits per heavy atom. The predicted octanol–water partition coefficient (Wildman–Crippen LogP) is 5.27. The second-order valence-corrected chi connectivity index (χ2v) is 8.58. The first-order chi connectivity index (χ1) is 17.7. The van der Waals surface area contributed by atoms with E-state index in [0.29, 0.717) is 28.7 Å². The predicted molar refractivity (Wildman–Crippen MR) is 136 cm³/mol. The maximum Gasteiger partial charge on any atom is 0.291 e. The van der Waals surface area contributed by atoms with Crippen LogP contribution in [0.25, 0.3) is 17.2 Å². The minimum Gasteiger partial charge on any atom is -0.495 e. The van der Waals surface area contributed by atoms with Gasteiger partial charge >= 0.3 is 0 Å². The van der Waals surface area contributed by atoms with Crippen LogP contribution in [-0.4, -0.2) is 32.6 Å². The maximum atomic E-state index is 12.5. The zero-order valence-corrected chi connectivity index (χ0v) is 19.7. The lowest BCUT2D eigenvalue weighted by Crippen LogP contribution is -2.14. The van der Waals surface area contributed by atoms with Crippen molar-refractivity contribution < 1.29 is 13.9 Å². The van der Waals surface area contributed by atoms with E-state index in [0.717, 1.165) is 48.3 Å². The molecule has 0 unspecified atom stereocenters. The Labute approximate surface area is 207 Å². The molecule has 1 amide bonds. The van der Waals surface area contributed by atoms with E-state index in [1.807, 2.05) is 42.5 Å². The van der Waals surface area contributed by atoms with Crippen LogP contribution in [0.1, 0.15) is 34.7 Å². The van der Waals surface area contributed by atoms with E-state index in [9.17, 15) is 4.79 Å². The highest BCUT2D eigenvalue weighted by molar-refractivity contribution is 6.02. The average Bonchev–Trinajstić information content (AvgIpc) is 3.60. The second-order valence-electron chi connectivity index (χ2n) is 8.58. The number of furan rings is 1. The molecular formula is C27H24N6O3. The molecule has 0 fully saturated rings. The molecular weight excluding hydrogens is 456 g/mol. The summed E-state index contributed by atoms with van der Waals surface area (Å²) >= 11 is 0. The maximum absolute atomic E-state index is 12.5. The Hall–Kier alpha value is -4.66. The molecule has 0 saturated carbocycles. The number of rotatable bonds is 6. The van der Waals surface area contributed by atoms with E-state index in [1.54, 1.807) is 29.8 Å². The van der Waals surface area contributed by atoms with Crippen molar-refractivity contribution in [3.63, 3.8) is 0 Å². The lowest BCUT2D eigenvalue weighted by atomic mass is 9.96. The Morgan fingerprint density at radius 2 is 1.89 bits per heavy atom. The second kappa shape index (κ2) is 9.18. The molecule has 2 aromatic carbocycles. The molecule has 2 N–H and O–H groups in total. The normalized spacial score (nSPS) is 12.8. The van der Waals surface area contributed by atoms with Crippen LogP contribution >= 0.6 is 0 Å². The van der Waals surface area contributed by atoms with Crippen LogP contribution in [0.4, 0.5) is 17.2 Å². The largest absolute Gasteiger partial charge is 0.495 e. The fraction of sp³-hybridized carbons (Fsp3) is 0.185. The quantitative estimate of drug-likeness (QED) is 0.341. The highest BCUT2D eigenvalue weighted by atomic mass is 16.5. The molecule has 1 aliphatic carbocycles. The van der Waals surface area contributed by atoms with Crippen LogP contribution < -0.4 is 15.4 Å². The van der Waals surface area contributed by atoms with Crippen molar-refractivity contribution in [2.75, 3.05) is 17.7 Å². The van der Waals surface area contributed by atoms with Crippen molar-refractivity contribution in [3.8, 4) is 17.1 Å². The Morgan fingerprint density at radius 1 is 1.03 bits per heavy atom. The number of methoxy groups -OCH3 is 1. The molecule has 0 spiro atoms. The number of carbonyl (C=O) groups is 1. The van der Waals surface area contributed by atoms with Gasteiger partial charge in [0.15, 0.2) is 11.6 Å². The molecule has 0 aliphatic heterocycles. The SMILES string of the molecule is COc1ccc(NC(=O)c2ccco2)cc1Nc1c2c(nc3nc(-c4ccccc4)nn13)CCCC2. The summed E-state index contributed by atoms with van der Waals surface area (Å²) in [6.07, 6.45) is 5.41. The lowest BCUT2D eigenvalue weighted by Gasteiger charge is -2.21. The van der Waals surface area contributed by atoms with E-state index >= 15 is 0 Å². The lowest BCUT2D eigenvalue weighted by molar-refractivity contribution is 0.0996. The van der Waals surface area contributed by atoms with Gasteiger partial charge < -0.3 is 19.8 Å². The number of fused-ring (bicyclic) bond motifs is 2. The number of nitrogens with one attached hydrogen (secondary N) is 2. The van der Waals surface area contributed by atoms with Crippen molar-refractivity contribution in [1.29, 1.82) is 0 Å². The summed E-state index contributed by atoms with van der Waals surface area (Å²) in [7, 11) is 1.61. The molecule has 1 aliphatic rings. The van der Waals surface area contributed by atoms with E-state index in [-0.39, 0.29) is 11.7 Å². The molecule has 36 heavy (non-hydrogen) atoms. The highest BCUT2D eigenvalue weighted by Gasteiger charge is 2.22. The summed E-state index contributed by atoms with van der Waals surface area (Å²) in [6, 6.07) is 18.6. The minimum atomic E-state index is -0.330. The molecule has 5 aromatic rings. The van der Waals surface area contributed by atoms with Gasteiger partial charge in [-0.05, 0) is 56.0 Å². The molecule has 9 nitrogen and oxygen atoms in total. The van der Waals surface area contributed by atoms with E-state index in [2.05, 4.69) is 10.6 Å². The van der Waals surface area contributed by atoms with Gasteiger partial charge in [-0.3, -0.25) is 4.79 Å². The summed E-state index contributed by atoms with van der Waals surface area (Å²) in [5, 5.41) is 11.2. The molecule has 0 atom stereocenters.